The molecule has 32 heavy (non-hydrogen) atoms. The molecule has 9 nitrogen and oxygen atoms in total. The summed E-state index contributed by atoms with van der Waals surface area (Å²) in [6, 6.07) is 15.4. The molecule has 1 aliphatic heterocycles. The van der Waals surface area contributed by atoms with Gasteiger partial charge in [0.1, 0.15) is 5.82 Å². The number of anilines is 1. The number of hydrogen-bond donors (Lipinski definition) is 1. The minimum atomic E-state index is -3.73. The zero-order chi connectivity index (χ0) is 22.9. The lowest BCUT2D eigenvalue weighted by Crippen LogP contribution is -2.40. The number of nitrogens with zero attached hydrogens (tertiary/aromatic N) is 4. The second-order valence-corrected chi connectivity index (χ2v) is 9.78. The number of rotatable bonds is 5. The summed E-state index contributed by atoms with van der Waals surface area (Å²) in [4.78, 5) is 24.1. The fourth-order valence-corrected chi connectivity index (χ4v) is 5.53. The van der Waals surface area contributed by atoms with Crippen LogP contribution in [-0.4, -0.2) is 46.1 Å². The zero-order valence-electron chi connectivity index (χ0n) is 17.9. The fraction of sp³-hybridized carbons (Fsp3) is 0.318. The smallest absolute Gasteiger partial charge is 0.326 e. The Morgan fingerprint density at radius 2 is 1.78 bits per heavy atom. The number of carbonyl (C=O) groups is 1. The van der Waals surface area contributed by atoms with Crippen molar-refractivity contribution in [3.8, 4) is 5.69 Å². The molecule has 0 bridgehead atoms. The molecule has 1 saturated heterocycles. The molecule has 4 rings (SSSR count). The fourth-order valence-electron chi connectivity index (χ4n) is 4.00. The highest BCUT2D eigenvalue weighted by molar-refractivity contribution is 7.89. The Labute approximate surface area is 186 Å². The molecule has 0 saturated carbocycles. The molecule has 3 aromatic rings. The summed E-state index contributed by atoms with van der Waals surface area (Å²) >= 11 is 0. The third-order valence-corrected chi connectivity index (χ3v) is 7.41. The van der Waals surface area contributed by atoms with E-state index in [2.05, 4.69) is 10.4 Å². The summed E-state index contributed by atoms with van der Waals surface area (Å²) in [6.45, 7) is 2.03. The predicted octanol–water partition coefficient (Wildman–Crippen LogP) is 2.10. The normalized spacial score (nSPS) is 17.2. The Morgan fingerprint density at radius 3 is 2.44 bits per heavy atom. The second-order valence-electron chi connectivity index (χ2n) is 7.84. The third kappa shape index (κ3) is 4.23. The topological polar surface area (TPSA) is 106 Å². The number of aryl methyl sites for hydroxylation is 1. The van der Waals surface area contributed by atoms with Crippen LogP contribution in [0.5, 0.6) is 0 Å². The summed E-state index contributed by atoms with van der Waals surface area (Å²) in [6.07, 6.45) is 1.39. The van der Waals surface area contributed by atoms with E-state index in [-0.39, 0.29) is 29.0 Å². The highest BCUT2D eigenvalue weighted by atomic mass is 32.2. The third-order valence-electron chi connectivity index (χ3n) is 5.53. The van der Waals surface area contributed by atoms with Crippen LogP contribution in [0.4, 0.5) is 5.69 Å². The van der Waals surface area contributed by atoms with Gasteiger partial charge in [-0.2, -0.15) is 9.40 Å². The Balaban J connectivity index is 1.63. The Morgan fingerprint density at radius 1 is 1.09 bits per heavy atom. The molecule has 1 aromatic heterocycles. The SMILES string of the molecule is CC(=O)Nc1ccc(S(=O)(=O)N2CCCC(c3nn(C)c(=O)n3-c3ccccc3)C2)cc1. The maximum atomic E-state index is 13.3. The maximum absolute atomic E-state index is 13.3. The van der Waals surface area contributed by atoms with E-state index in [1.807, 2.05) is 30.3 Å². The van der Waals surface area contributed by atoms with Gasteiger partial charge in [-0.25, -0.2) is 22.5 Å². The first-order valence-electron chi connectivity index (χ1n) is 10.4. The Bertz CT molecular complexity index is 1280. The van der Waals surface area contributed by atoms with Gasteiger partial charge in [0.25, 0.3) is 0 Å². The molecule has 1 amide bonds. The van der Waals surface area contributed by atoms with E-state index < -0.39 is 10.0 Å². The molecule has 1 aliphatic rings. The van der Waals surface area contributed by atoms with Gasteiger partial charge in [0, 0.05) is 38.7 Å². The van der Waals surface area contributed by atoms with E-state index in [0.29, 0.717) is 30.2 Å². The first-order chi connectivity index (χ1) is 15.3. The van der Waals surface area contributed by atoms with E-state index in [0.717, 1.165) is 6.42 Å². The van der Waals surface area contributed by atoms with E-state index in [1.165, 1.54) is 28.0 Å². The first-order valence-corrected chi connectivity index (χ1v) is 11.8. The molecular weight excluding hydrogens is 430 g/mol. The van der Waals surface area contributed by atoms with Crippen LogP contribution in [0.15, 0.2) is 64.3 Å². The zero-order valence-corrected chi connectivity index (χ0v) is 18.7. The average molecular weight is 456 g/mol. The van der Waals surface area contributed by atoms with Crippen molar-refractivity contribution in [1.82, 2.24) is 18.7 Å². The van der Waals surface area contributed by atoms with Gasteiger partial charge in [-0.3, -0.25) is 4.79 Å². The van der Waals surface area contributed by atoms with Crippen molar-refractivity contribution in [2.75, 3.05) is 18.4 Å². The van der Waals surface area contributed by atoms with E-state index in [1.54, 1.807) is 23.7 Å². The average Bonchev–Trinajstić information content (AvgIpc) is 3.09. The van der Waals surface area contributed by atoms with Crippen molar-refractivity contribution in [2.45, 2.75) is 30.6 Å². The Kier molecular flexibility index (Phi) is 5.98. The molecule has 1 atom stereocenters. The molecule has 10 heteroatoms. The van der Waals surface area contributed by atoms with Gasteiger partial charge in [0.2, 0.25) is 15.9 Å². The van der Waals surface area contributed by atoms with Crippen molar-refractivity contribution in [3.63, 3.8) is 0 Å². The molecule has 1 unspecified atom stereocenters. The van der Waals surface area contributed by atoms with Gasteiger partial charge in [-0.15, -0.1) is 0 Å². The minimum absolute atomic E-state index is 0.161. The number of para-hydroxylation sites is 1. The molecule has 2 aromatic carbocycles. The molecule has 168 valence electrons. The molecule has 0 aliphatic carbocycles. The lowest BCUT2D eigenvalue weighted by molar-refractivity contribution is -0.114. The van der Waals surface area contributed by atoms with E-state index in [4.69, 9.17) is 0 Å². The van der Waals surface area contributed by atoms with E-state index in [9.17, 15) is 18.0 Å². The summed E-state index contributed by atoms with van der Waals surface area (Å²) in [7, 11) is -2.13. The van der Waals surface area contributed by atoms with Crippen LogP contribution < -0.4 is 11.0 Å². The van der Waals surface area contributed by atoms with Crippen molar-refractivity contribution < 1.29 is 13.2 Å². The van der Waals surface area contributed by atoms with Crippen LogP contribution in [0.3, 0.4) is 0 Å². The van der Waals surface area contributed by atoms with Crippen LogP contribution in [-0.2, 0) is 21.9 Å². The number of nitrogens with one attached hydrogen (secondary N) is 1. The predicted molar refractivity (Wildman–Crippen MR) is 120 cm³/mol. The summed E-state index contributed by atoms with van der Waals surface area (Å²) in [5, 5.41) is 7.07. The molecule has 0 radical (unpaired) electrons. The lowest BCUT2D eigenvalue weighted by atomic mass is 9.98. The summed E-state index contributed by atoms with van der Waals surface area (Å²) in [5.41, 5.74) is 0.974. The summed E-state index contributed by atoms with van der Waals surface area (Å²) < 4.78 is 30.8. The van der Waals surface area contributed by atoms with Crippen LogP contribution in [0, 0.1) is 0 Å². The lowest BCUT2D eigenvalue weighted by Gasteiger charge is -2.31. The number of sulfonamides is 1. The quantitative estimate of drug-likeness (QED) is 0.634. The van der Waals surface area contributed by atoms with Gasteiger partial charge >= 0.3 is 5.69 Å². The first kappa shape index (κ1) is 22.0. The van der Waals surface area contributed by atoms with Crippen LogP contribution >= 0.6 is 0 Å². The van der Waals surface area contributed by atoms with Gasteiger partial charge in [0.15, 0.2) is 0 Å². The number of carbonyl (C=O) groups excluding carboxylic acids is 1. The number of piperidine rings is 1. The van der Waals surface area contributed by atoms with E-state index >= 15 is 0 Å². The molecular formula is C22H25N5O4S. The highest BCUT2D eigenvalue weighted by Crippen LogP contribution is 2.30. The second kappa shape index (κ2) is 8.71. The van der Waals surface area contributed by atoms with Gasteiger partial charge in [-0.1, -0.05) is 18.2 Å². The number of amides is 1. The van der Waals surface area contributed by atoms with Crippen LogP contribution in [0.1, 0.15) is 31.5 Å². The molecule has 1 fully saturated rings. The van der Waals surface area contributed by atoms with Crippen LogP contribution in [0.2, 0.25) is 0 Å². The largest absolute Gasteiger partial charge is 0.350 e. The van der Waals surface area contributed by atoms with Crippen molar-refractivity contribution in [1.29, 1.82) is 0 Å². The van der Waals surface area contributed by atoms with Gasteiger partial charge in [-0.05, 0) is 49.2 Å². The van der Waals surface area contributed by atoms with Crippen LogP contribution in [0.25, 0.3) is 5.69 Å². The maximum Gasteiger partial charge on any atom is 0.350 e. The molecule has 1 N–H and O–H groups in total. The molecule has 0 spiro atoms. The summed E-state index contributed by atoms with van der Waals surface area (Å²) in [5.74, 6) is 0.121. The van der Waals surface area contributed by atoms with Crippen molar-refractivity contribution in [2.24, 2.45) is 7.05 Å². The van der Waals surface area contributed by atoms with Gasteiger partial charge in [0.05, 0.1) is 10.6 Å². The minimum Gasteiger partial charge on any atom is -0.326 e. The highest BCUT2D eigenvalue weighted by Gasteiger charge is 2.34. The molecule has 2 heterocycles. The van der Waals surface area contributed by atoms with Gasteiger partial charge < -0.3 is 5.32 Å². The van der Waals surface area contributed by atoms with Crippen molar-refractivity contribution >= 4 is 21.6 Å². The number of hydrogen-bond acceptors (Lipinski definition) is 5. The number of aromatic nitrogens is 3. The number of benzene rings is 2. The van der Waals surface area contributed by atoms with Crippen molar-refractivity contribution in [3.05, 3.63) is 70.9 Å². The monoisotopic (exact) mass is 455 g/mol. The Hall–Kier alpha value is -3.24. The standard InChI is InChI=1S/C22H25N5O4S/c1-16(28)23-18-10-12-20(13-11-18)32(30,31)26-14-6-7-17(15-26)21-24-25(2)22(29)27(21)19-8-4-3-5-9-19/h3-5,8-13,17H,6-7,14-15H2,1-2H3,(H,23,28).